The van der Waals surface area contributed by atoms with Crippen LogP contribution in [0.15, 0.2) is 66.7 Å². The summed E-state index contributed by atoms with van der Waals surface area (Å²) < 4.78 is 5.34. The molecule has 0 aromatic heterocycles. The Hall–Kier alpha value is -3.05. The Balaban J connectivity index is 2.09. The van der Waals surface area contributed by atoms with E-state index >= 15 is 0 Å². The topological polar surface area (TPSA) is 33.0 Å². The zero-order valence-electron chi connectivity index (χ0n) is 12.3. The molecule has 0 heterocycles. The maximum Gasteiger partial charge on any atom is 0.126 e. The van der Waals surface area contributed by atoms with Gasteiger partial charge in [-0.25, -0.2) is 0 Å². The quantitative estimate of drug-likeness (QED) is 0.506. The summed E-state index contributed by atoms with van der Waals surface area (Å²) in [5, 5.41) is 11.8. The molecule has 0 atom stereocenters. The summed E-state index contributed by atoms with van der Waals surface area (Å²) in [5.41, 5.74) is 2.43. The predicted molar refractivity (Wildman–Crippen MR) is 90.4 cm³/mol. The van der Waals surface area contributed by atoms with Crippen LogP contribution >= 0.6 is 0 Å². The lowest BCUT2D eigenvalue weighted by Crippen LogP contribution is -1.88. The highest BCUT2D eigenvalue weighted by molar-refractivity contribution is 5.94. The third kappa shape index (κ3) is 2.70. The van der Waals surface area contributed by atoms with Gasteiger partial charge in [0.1, 0.15) is 5.75 Å². The lowest BCUT2D eigenvalue weighted by molar-refractivity contribution is 0.414. The fraction of sp³-hybridized carbons (Fsp3) is 0.0500. The molecule has 0 bridgehead atoms. The van der Waals surface area contributed by atoms with Crippen LogP contribution in [0.2, 0.25) is 0 Å². The second kappa shape index (κ2) is 6.15. The van der Waals surface area contributed by atoms with Gasteiger partial charge in [-0.3, -0.25) is 0 Å². The van der Waals surface area contributed by atoms with Crippen LogP contribution in [-0.4, -0.2) is 7.11 Å². The van der Waals surface area contributed by atoms with E-state index in [-0.39, 0.29) is 0 Å². The number of para-hydroxylation sites is 1. The van der Waals surface area contributed by atoms with Crippen LogP contribution in [0.1, 0.15) is 11.1 Å². The zero-order chi connectivity index (χ0) is 15.4. The Morgan fingerprint density at radius 3 is 2.45 bits per heavy atom. The molecule has 0 aliphatic carbocycles. The number of nitriles is 1. The van der Waals surface area contributed by atoms with Crippen molar-refractivity contribution in [2.75, 3.05) is 7.11 Å². The van der Waals surface area contributed by atoms with Gasteiger partial charge in [-0.05, 0) is 34.5 Å². The molecular formula is C20H15NO. The summed E-state index contributed by atoms with van der Waals surface area (Å²) >= 11 is 0. The molecule has 2 nitrogen and oxygen atoms in total. The van der Waals surface area contributed by atoms with Crippen LogP contribution in [0.5, 0.6) is 5.75 Å². The Morgan fingerprint density at radius 1 is 0.955 bits per heavy atom. The van der Waals surface area contributed by atoms with E-state index in [2.05, 4.69) is 18.2 Å². The van der Waals surface area contributed by atoms with Gasteiger partial charge in [-0.15, -0.1) is 0 Å². The largest absolute Gasteiger partial charge is 0.496 e. The molecule has 0 unspecified atom stereocenters. The average molecular weight is 285 g/mol. The minimum Gasteiger partial charge on any atom is -0.496 e. The third-order valence-corrected chi connectivity index (χ3v) is 3.62. The van der Waals surface area contributed by atoms with Crippen molar-refractivity contribution in [2.45, 2.75) is 0 Å². The molecule has 106 valence electrons. The van der Waals surface area contributed by atoms with E-state index in [0.717, 1.165) is 22.3 Å². The summed E-state index contributed by atoms with van der Waals surface area (Å²) in [5.74, 6) is 0.760. The van der Waals surface area contributed by atoms with Gasteiger partial charge in [0.25, 0.3) is 0 Å². The fourth-order valence-corrected chi connectivity index (χ4v) is 2.48. The lowest BCUT2D eigenvalue weighted by atomic mass is 10.00. The smallest absolute Gasteiger partial charge is 0.126 e. The van der Waals surface area contributed by atoms with Crippen molar-refractivity contribution < 1.29 is 4.74 Å². The number of fused-ring (bicyclic) bond motifs is 1. The summed E-state index contributed by atoms with van der Waals surface area (Å²) in [6.07, 6.45) is 1.86. The summed E-state index contributed by atoms with van der Waals surface area (Å²) in [6.45, 7) is 0. The Labute approximate surface area is 129 Å². The average Bonchev–Trinajstić information content (AvgIpc) is 2.59. The molecule has 3 aromatic rings. The molecule has 2 heteroatoms. The van der Waals surface area contributed by atoms with Gasteiger partial charge in [-0.1, -0.05) is 54.6 Å². The van der Waals surface area contributed by atoms with Crippen molar-refractivity contribution in [2.24, 2.45) is 0 Å². The Kier molecular flexibility index (Phi) is 3.89. The normalized spacial score (nSPS) is 11.2. The van der Waals surface area contributed by atoms with Crippen molar-refractivity contribution in [1.29, 1.82) is 5.26 Å². The predicted octanol–water partition coefficient (Wildman–Crippen LogP) is 4.91. The van der Waals surface area contributed by atoms with Crippen molar-refractivity contribution in [3.05, 3.63) is 77.9 Å². The van der Waals surface area contributed by atoms with Gasteiger partial charge >= 0.3 is 0 Å². The van der Waals surface area contributed by atoms with Gasteiger partial charge in [0.15, 0.2) is 0 Å². The number of methoxy groups -OCH3 is 1. The maximum atomic E-state index is 9.52. The van der Waals surface area contributed by atoms with Crippen molar-refractivity contribution in [1.82, 2.24) is 0 Å². The van der Waals surface area contributed by atoms with Crippen molar-refractivity contribution in [3.8, 4) is 11.8 Å². The van der Waals surface area contributed by atoms with Crippen LogP contribution in [0.4, 0.5) is 0 Å². The van der Waals surface area contributed by atoms with E-state index in [1.165, 1.54) is 5.39 Å². The van der Waals surface area contributed by atoms with E-state index in [1.54, 1.807) is 7.11 Å². The number of hydrogen-bond acceptors (Lipinski definition) is 2. The maximum absolute atomic E-state index is 9.52. The first-order valence-corrected chi connectivity index (χ1v) is 7.06. The van der Waals surface area contributed by atoms with Crippen LogP contribution in [0.25, 0.3) is 22.4 Å². The number of allylic oxidation sites excluding steroid dienone is 1. The van der Waals surface area contributed by atoms with Crippen LogP contribution in [-0.2, 0) is 0 Å². The minimum atomic E-state index is 0.621. The van der Waals surface area contributed by atoms with Crippen molar-refractivity contribution in [3.63, 3.8) is 0 Å². The molecule has 0 aliphatic rings. The zero-order valence-corrected chi connectivity index (χ0v) is 12.3. The number of rotatable bonds is 3. The number of benzene rings is 3. The first-order chi connectivity index (χ1) is 10.8. The molecule has 0 radical (unpaired) electrons. The highest BCUT2D eigenvalue weighted by atomic mass is 16.5. The molecule has 0 fully saturated rings. The highest BCUT2D eigenvalue weighted by Crippen LogP contribution is 2.26. The van der Waals surface area contributed by atoms with Crippen LogP contribution in [0, 0.1) is 11.3 Å². The first kappa shape index (κ1) is 13.9. The van der Waals surface area contributed by atoms with Crippen LogP contribution < -0.4 is 4.74 Å². The molecule has 0 N–H and O–H groups in total. The van der Waals surface area contributed by atoms with Gasteiger partial charge in [0, 0.05) is 5.56 Å². The highest BCUT2D eigenvalue weighted by Gasteiger charge is 2.05. The SMILES string of the molecule is COc1ccccc1/C=C(/C#N)c1ccc2ccccc2c1. The van der Waals surface area contributed by atoms with E-state index in [4.69, 9.17) is 4.74 Å². The van der Waals surface area contributed by atoms with Gasteiger partial charge in [0.2, 0.25) is 0 Å². The van der Waals surface area contributed by atoms with E-state index < -0.39 is 0 Å². The summed E-state index contributed by atoms with van der Waals surface area (Å²) in [4.78, 5) is 0. The number of hydrogen-bond donors (Lipinski definition) is 0. The first-order valence-electron chi connectivity index (χ1n) is 7.06. The summed E-state index contributed by atoms with van der Waals surface area (Å²) in [7, 11) is 1.63. The fourth-order valence-electron chi connectivity index (χ4n) is 2.48. The van der Waals surface area contributed by atoms with Crippen LogP contribution in [0.3, 0.4) is 0 Å². The monoisotopic (exact) mass is 285 g/mol. The second-order valence-electron chi connectivity index (χ2n) is 4.97. The van der Waals surface area contributed by atoms with Crippen molar-refractivity contribution >= 4 is 22.4 Å². The molecule has 0 amide bonds. The molecule has 0 saturated heterocycles. The third-order valence-electron chi connectivity index (χ3n) is 3.62. The molecule has 0 spiro atoms. The van der Waals surface area contributed by atoms with E-state index in [1.807, 2.05) is 60.7 Å². The molecule has 0 saturated carbocycles. The molecule has 22 heavy (non-hydrogen) atoms. The standard InChI is InChI=1S/C20H15NO/c1-22-20-9-5-4-8-18(20)13-19(14-21)17-11-10-15-6-2-3-7-16(15)12-17/h2-13H,1H3/b19-13-. The second-order valence-corrected chi connectivity index (χ2v) is 4.97. The minimum absolute atomic E-state index is 0.621. The Morgan fingerprint density at radius 2 is 1.68 bits per heavy atom. The Bertz CT molecular complexity index is 887. The molecule has 3 rings (SSSR count). The van der Waals surface area contributed by atoms with E-state index in [9.17, 15) is 5.26 Å². The van der Waals surface area contributed by atoms with Gasteiger partial charge in [0.05, 0.1) is 18.8 Å². The van der Waals surface area contributed by atoms with Gasteiger partial charge < -0.3 is 4.74 Å². The molecular weight excluding hydrogens is 270 g/mol. The van der Waals surface area contributed by atoms with Gasteiger partial charge in [-0.2, -0.15) is 5.26 Å². The van der Waals surface area contributed by atoms with E-state index in [0.29, 0.717) is 5.57 Å². The molecule has 0 aliphatic heterocycles. The molecule has 3 aromatic carbocycles. The number of ether oxygens (including phenoxy) is 1. The lowest BCUT2D eigenvalue weighted by Gasteiger charge is -2.06. The summed E-state index contributed by atoms with van der Waals surface area (Å²) in [6, 6.07) is 24.2. The number of nitrogens with zero attached hydrogens (tertiary/aromatic N) is 1.